The van der Waals surface area contributed by atoms with Crippen molar-refractivity contribution < 1.29 is 12.7 Å². The Kier molecular flexibility index (Phi) is 6.35. The predicted octanol–water partition coefficient (Wildman–Crippen LogP) is 4.65. The molecule has 1 N–H and O–H groups in total. The van der Waals surface area contributed by atoms with Gasteiger partial charge >= 0.3 is 0 Å². The lowest BCUT2D eigenvalue weighted by atomic mass is 10.1. The molecule has 0 saturated carbocycles. The number of hydrogen-bond donors (Lipinski definition) is 2. The molecule has 4 aromatic rings. The minimum absolute atomic E-state index is 0.628. The van der Waals surface area contributed by atoms with Crippen LogP contribution in [0.5, 0.6) is 0 Å². The molecule has 0 unspecified atom stereocenters. The zero-order valence-electron chi connectivity index (χ0n) is 17.0. The third-order valence-electron chi connectivity index (χ3n) is 4.92. The molecule has 0 amide bonds. The first-order chi connectivity index (χ1) is 15.1. The van der Waals surface area contributed by atoms with Crippen LogP contribution < -0.4 is 10.4 Å². The van der Waals surface area contributed by atoms with Gasteiger partial charge in [-0.25, -0.2) is 13.5 Å². The van der Waals surface area contributed by atoms with Crippen molar-refractivity contribution >= 4 is 22.4 Å². The van der Waals surface area contributed by atoms with Crippen molar-refractivity contribution in [1.82, 2.24) is 4.57 Å². The molecule has 0 spiro atoms. The summed E-state index contributed by atoms with van der Waals surface area (Å²) in [4.78, 5) is 0. The summed E-state index contributed by atoms with van der Waals surface area (Å²) in [6, 6.07) is 30.0. The third-order valence-corrected chi connectivity index (χ3v) is 5.30. The van der Waals surface area contributed by atoms with Crippen molar-refractivity contribution in [3.05, 3.63) is 103 Å². The van der Waals surface area contributed by atoms with Crippen LogP contribution in [-0.4, -0.2) is 20.0 Å². The van der Waals surface area contributed by atoms with Gasteiger partial charge in [-0.2, -0.15) is 4.28 Å². The normalized spacial score (nSPS) is 10.9. The molecule has 3 aromatic carbocycles. The molecule has 1 aromatic heterocycles. The number of hydrogen-bond acceptors (Lipinski definition) is 5. The van der Waals surface area contributed by atoms with Crippen molar-refractivity contribution in [2.45, 2.75) is 6.54 Å². The number of nitrogens with zero attached hydrogens (tertiary/aromatic N) is 2. The van der Waals surface area contributed by atoms with E-state index >= 15 is 0 Å². The molecular weight excluding hydrogens is 410 g/mol. The molecule has 0 aliphatic rings. The van der Waals surface area contributed by atoms with Gasteiger partial charge in [0.15, 0.2) is 0 Å². The number of thiol groups is 1. The van der Waals surface area contributed by atoms with Gasteiger partial charge in [-0.1, -0.05) is 66.7 Å². The summed E-state index contributed by atoms with van der Waals surface area (Å²) in [6.07, 6.45) is 2.00. The highest BCUT2D eigenvalue weighted by Gasteiger charge is 2.14. The summed E-state index contributed by atoms with van der Waals surface area (Å²) in [6.45, 7) is 0.706. The highest BCUT2D eigenvalue weighted by molar-refractivity contribution is 7.67. The van der Waals surface area contributed by atoms with Gasteiger partial charge in [-0.15, -0.1) is 0 Å². The second-order valence-corrected chi connectivity index (χ2v) is 7.59. The minimum atomic E-state index is -2.98. The molecule has 7 heteroatoms. The van der Waals surface area contributed by atoms with Crippen LogP contribution in [0.1, 0.15) is 5.56 Å². The van der Waals surface area contributed by atoms with Gasteiger partial charge in [-0.05, 0) is 29.8 Å². The van der Waals surface area contributed by atoms with Gasteiger partial charge in [0.05, 0.1) is 17.1 Å². The Hall–Kier alpha value is -3.55. The van der Waals surface area contributed by atoms with E-state index in [1.54, 1.807) is 13.1 Å². The van der Waals surface area contributed by atoms with Crippen LogP contribution in [0.4, 0.5) is 11.4 Å². The number of benzene rings is 3. The zero-order valence-corrected chi connectivity index (χ0v) is 17.9. The summed E-state index contributed by atoms with van der Waals surface area (Å²) in [5.74, 6) is 0. The van der Waals surface area contributed by atoms with Crippen LogP contribution in [0.2, 0.25) is 0 Å². The molecule has 31 heavy (non-hydrogen) atoms. The molecule has 0 bridgehead atoms. The fourth-order valence-electron chi connectivity index (χ4n) is 3.46. The number of anilines is 2. The molecule has 6 nitrogen and oxygen atoms in total. The van der Waals surface area contributed by atoms with E-state index in [4.69, 9.17) is 4.28 Å². The van der Waals surface area contributed by atoms with E-state index in [0.29, 0.717) is 12.2 Å². The molecule has 0 aliphatic heterocycles. The number of rotatable bonds is 8. The van der Waals surface area contributed by atoms with E-state index in [1.165, 1.54) is 10.6 Å². The molecule has 4 rings (SSSR count). The lowest BCUT2D eigenvalue weighted by Crippen LogP contribution is -2.16. The van der Waals surface area contributed by atoms with E-state index in [-0.39, 0.29) is 0 Å². The molecule has 0 atom stereocenters. The summed E-state index contributed by atoms with van der Waals surface area (Å²) in [5.41, 5.74) is 5.81. The first-order valence-electron chi connectivity index (χ1n) is 9.83. The van der Waals surface area contributed by atoms with Crippen LogP contribution in [0.25, 0.3) is 16.9 Å². The van der Waals surface area contributed by atoms with E-state index in [0.717, 1.165) is 22.6 Å². The molecule has 0 radical (unpaired) electrons. The van der Waals surface area contributed by atoms with E-state index in [1.807, 2.05) is 66.9 Å². The van der Waals surface area contributed by atoms with Crippen molar-refractivity contribution in [3.63, 3.8) is 0 Å². The Bertz CT molecular complexity index is 1210. The average Bonchev–Trinajstić information content (AvgIpc) is 3.22. The highest BCUT2D eigenvalue weighted by Crippen LogP contribution is 2.33. The quantitative estimate of drug-likeness (QED) is 0.313. The summed E-state index contributed by atoms with van der Waals surface area (Å²) in [7, 11) is -1.42. The van der Waals surface area contributed by atoms with Gasteiger partial charge in [-0.3, -0.25) is 0 Å². The van der Waals surface area contributed by atoms with E-state index in [9.17, 15) is 8.42 Å². The zero-order chi connectivity index (χ0) is 21.6. The summed E-state index contributed by atoms with van der Waals surface area (Å²) in [5, 5.41) is 4.78. The summed E-state index contributed by atoms with van der Waals surface area (Å²) < 4.78 is 28.7. The van der Waals surface area contributed by atoms with E-state index < -0.39 is 11.0 Å². The molecular formula is C24H23N3O3S. The van der Waals surface area contributed by atoms with Crippen LogP contribution in [0, 0.1) is 0 Å². The first kappa shape index (κ1) is 20.7. The Morgan fingerprint density at radius 2 is 1.61 bits per heavy atom. The molecule has 1 heterocycles. The third kappa shape index (κ3) is 4.96. The number of aromatic nitrogens is 1. The number of nitrogens with one attached hydrogen (secondary N) is 1. The first-order valence-corrected chi connectivity index (χ1v) is 10.9. The summed E-state index contributed by atoms with van der Waals surface area (Å²) >= 11 is 0. The van der Waals surface area contributed by atoms with Crippen LogP contribution in [-0.2, 0) is 21.8 Å². The topological polar surface area (TPSA) is 63.6 Å². The fraction of sp³-hybridized carbons (Fsp3) is 0.0833. The molecule has 0 aliphatic carbocycles. The lowest BCUT2D eigenvalue weighted by molar-refractivity contribution is 0.320. The van der Waals surface area contributed by atoms with Crippen LogP contribution in [0.3, 0.4) is 0 Å². The predicted molar refractivity (Wildman–Crippen MR) is 125 cm³/mol. The van der Waals surface area contributed by atoms with Crippen LogP contribution in [0.15, 0.2) is 97.2 Å². The molecule has 0 saturated heterocycles. The van der Waals surface area contributed by atoms with Gasteiger partial charge in [0.2, 0.25) is 0 Å². The van der Waals surface area contributed by atoms with Gasteiger partial charge in [0.1, 0.15) is 0 Å². The van der Waals surface area contributed by atoms with Gasteiger partial charge in [0.25, 0.3) is 11.0 Å². The maximum Gasteiger partial charge on any atom is 0.277 e. The van der Waals surface area contributed by atoms with Gasteiger partial charge in [0, 0.05) is 31.0 Å². The van der Waals surface area contributed by atoms with Crippen molar-refractivity contribution in [2.24, 2.45) is 0 Å². The Balaban J connectivity index is 1.72. The Morgan fingerprint density at radius 3 is 2.32 bits per heavy atom. The SMILES string of the molecule is CN(O[SH](=O)=O)c1cccc(-n2ccc(NCc3ccccc3)c2-c2ccccc2)c1. The lowest BCUT2D eigenvalue weighted by Gasteiger charge is -2.17. The standard InChI is InChI=1S/C24H23N3O3S/c1-26(30-31(28)29)21-13-8-14-22(17-21)27-16-15-23(24(27)20-11-6-3-7-12-20)25-18-19-9-4-2-5-10-19/h2-17,25,31H,18H2,1H3. The Labute approximate surface area is 183 Å². The average molecular weight is 434 g/mol. The molecule has 0 fully saturated rings. The largest absolute Gasteiger partial charge is 0.379 e. The second kappa shape index (κ2) is 9.51. The smallest absolute Gasteiger partial charge is 0.277 e. The minimum Gasteiger partial charge on any atom is -0.379 e. The van der Waals surface area contributed by atoms with Gasteiger partial charge < -0.3 is 9.88 Å². The monoisotopic (exact) mass is 433 g/mol. The highest BCUT2D eigenvalue weighted by atomic mass is 32.2. The number of hydroxylamine groups is 1. The van der Waals surface area contributed by atoms with Crippen LogP contribution >= 0.6 is 0 Å². The fourth-order valence-corrected chi connectivity index (χ4v) is 3.75. The Morgan fingerprint density at radius 1 is 0.903 bits per heavy atom. The maximum atomic E-state index is 10.9. The second-order valence-electron chi connectivity index (χ2n) is 6.98. The molecule has 158 valence electrons. The van der Waals surface area contributed by atoms with Crippen molar-refractivity contribution in [1.29, 1.82) is 0 Å². The van der Waals surface area contributed by atoms with Crippen molar-refractivity contribution in [3.8, 4) is 16.9 Å². The maximum absolute atomic E-state index is 10.9. The van der Waals surface area contributed by atoms with E-state index in [2.05, 4.69) is 34.1 Å². The van der Waals surface area contributed by atoms with Crippen molar-refractivity contribution in [2.75, 3.05) is 17.4 Å².